The Balaban J connectivity index is 1.69. The van der Waals surface area contributed by atoms with E-state index in [1.165, 1.54) is 19.9 Å². The van der Waals surface area contributed by atoms with Crippen LogP contribution in [0.2, 0.25) is 0 Å². The molecule has 0 amide bonds. The van der Waals surface area contributed by atoms with Crippen LogP contribution in [0.4, 0.5) is 5.69 Å². The minimum absolute atomic E-state index is 0.816. The first kappa shape index (κ1) is 11.1. The van der Waals surface area contributed by atoms with E-state index in [9.17, 15) is 0 Å². The zero-order valence-corrected chi connectivity index (χ0v) is 11.6. The zero-order chi connectivity index (χ0) is 11.7. The van der Waals surface area contributed by atoms with E-state index in [4.69, 9.17) is 4.74 Å². The molecule has 0 saturated heterocycles. The molecule has 0 fully saturated rings. The highest BCUT2D eigenvalue weighted by Gasteiger charge is 2.11. The smallest absolute Gasteiger partial charge is 0.122 e. The standard InChI is InChI=1S/C13H12BrNOS/c14-13-4-2-11(17-13)8-15-10-1-3-12-9(7-10)5-6-16-12/h1-4,7,15H,5-6,8H2. The van der Waals surface area contributed by atoms with E-state index in [0.29, 0.717) is 0 Å². The van der Waals surface area contributed by atoms with Gasteiger partial charge < -0.3 is 10.1 Å². The molecular weight excluding hydrogens is 298 g/mol. The Hall–Kier alpha value is -1.00. The van der Waals surface area contributed by atoms with Crippen LogP contribution in [0.5, 0.6) is 5.75 Å². The molecule has 2 aromatic rings. The first-order valence-corrected chi connectivity index (χ1v) is 7.16. The van der Waals surface area contributed by atoms with Crippen LogP contribution in [0, 0.1) is 0 Å². The highest BCUT2D eigenvalue weighted by molar-refractivity contribution is 9.11. The van der Waals surface area contributed by atoms with Crippen LogP contribution < -0.4 is 10.1 Å². The van der Waals surface area contributed by atoms with Gasteiger partial charge in [-0.3, -0.25) is 0 Å². The van der Waals surface area contributed by atoms with Gasteiger partial charge in [-0.1, -0.05) is 0 Å². The fraction of sp³-hybridized carbons (Fsp3) is 0.231. The number of anilines is 1. The summed E-state index contributed by atoms with van der Waals surface area (Å²) in [5.41, 5.74) is 2.47. The number of thiophene rings is 1. The molecule has 1 aliphatic rings. The topological polar surface area (TPSA) is 21.3 Å². The number of nitrogens with one attached hydrogen (secondary N) is 1. The first-order valence-electron chi connectivity index (χ1n) is 5.55. The molecule has 0 saturated carbocycles. The van der Waals surface area contributed by atoms with E-state index in [1.807, 2.05) is 0 Å². The van der Waals surface area contributed by atoms with Crippen molar-refractivity contribution in [1.29, 1.82) is 0 Å². The van der Waals surface area contributed by atoms with Gasteiger partial charge in [0.15, 0.2) is 0 Å². The normalized spacial score (nSPS) is 13.2. The Bertz CT molecular complexity index is 538. The van der Waals surface area contributed by atoms with Gasteiger partial charge in [0.05, 0.1) is 10.4 Å². The Morgan fingerprint density at radius 1 is 1.29 bits per heavy atom. The largest absolute Gasteiger partial charge is 0.493 e. The van der Waals surface area contributed by atoms with E-state index < -0.39 is 0 Å². The lowest BCUT2D eigenvalue weighted by Crippen LogP contribution is -1.97. The van der Waals surface area contributed by atoms with Crippen molar-refractivity contribution in [2.45, 2.75) is 13.0 Å². The van der Waals surface area contributed by atoms with E-state index in [1.54, 1.807) is 11.3 Å². The van der Waals surface area contributed by atoms with Crippen LogP contribution in [0.15, 0.2) is 34.1 Å². The number of benzene rings is 1. The Morgan fingerprint density at radius 3 is 3.06 bits per heavy atom. The van der Waals surface area contributed by atoms with Crippen molar-refractivity contribution in [2.24, 2.45) is 0 Å². The second kappa shape index (κ2) is 4.70. The molecule has 1 aromatic heterocycles. The van der Waals surface area contributed by atoms with Gasteiger partial charge in [0.2, 0.25) is 0 Å². The van der Waals surface area contributed by atoms with Crippen LogP contribution in [0.25, 0.3) is 0 Å². The maximum atomic E-state index is 5.49. The van der Waals surface area contributed by atoms with Crippen molar-refractivity contribution >= 4 is 33.0 Å². The molecule has 2 nitrogen and oxygen atoms in total. The van der Waals surface area contributed by atoms with Gasteiger partial charge in [-0.05, 0) is 51.8 Å². The maximum absolute atomic E-state index is 5.49. The molecule has 0 bridgehead atoms. The van der Waals surface area contributed by atoms with Crippen molar-refractivity contribution in [3.05, 3.63) is 44.6 Å². The van der Waals surface area contributed by atoms with E-state index >= 15 is 0 Å². The monoisotopic (exact) mass is 309 g/mol. The van der Waals surface area contributed by atoms with Gasteiger partial charge in [0.25, 0.3) is 0 Å². The van der Waals surface area contributed by atoms with Gasteiger partial charge in [-0.2, -0.15) is 0 Å². The van der Waals surface area contributed by atoms with Crippen molar-refractivity contribution in [1.82, 2.24) is 0 Å². The van der Waals surface area contributed by atoms with Gasteiger partial charge in [-0.25, -0.2) is 0 Å². The van der Waals surface area contributed by atoms with Crippen LogP contribution >= 0.6 is 27.3 Å². The Morgan fingerprint density at radius 2 is 2.24 bits per heavy atom. The van der Waals surface area contributed by atoms with Crippen LogP contribution in [-0.4, -0.2) is 6.61 Å². The van der Waals surface area contributed by atoms with Crippen molar-refractivity contribution in [3.8, 4) is 5.75 Å². The van der Waals surface area contributed by atoms with E-state index in [0.717, 1.165) is 25.3 Å². The zero-order valence-electron chi connectivity index (χ0n) is 9.20. The van der Waals surface area contributed by atoms with E-state index in [2.05, 4.69) is 51.6 Å². The molecule has 0 radical (unpaired) electrons. The first-order chi connectivity index (χ1) is 8.31. The summed E-state index contributed by atoms with van der Waals surface area (Å²) in [6, 6.07) is 10.5. The summed E-state index contributed by atoms with van der Waals surface area (Å²) in [5.74, 6) is 1.04. The van der Waals surface area contributed by atoms with Crippen LogP contribution in [0.3, 0.4) is 0 Å². The predicted molar refractivity (Wildman–Crippen MR) is 75.0 cm³/mol. The molecule has 1 aliphatic heterocycles. The maximum Gasteiger partial charge on any atom is 0.122 e. The lowest BCUT2D eigenvalue weighted by molar-refractivity contribution is 0.357. The number of rotatable bonds is 3. The minimum Gasteiger partial charge on any atom is -0.493 e. The lowest BCUT2D eigenvalue weighted by atomic mass is 10.1. The molecule has 0 atom stereocenters. The molecule has 0 spiro atoms. The van der Waals surface area contributed by atoms with Crippen LogP contribution in [-0.2, 0) is 13.0 Å². The fourth-order valence-electron chi connectivity index (χ4n) is 1.93. The summed E-state index contributed by atoms with van der Waals surface area (Å²) >= 11 is 5.24. The molecule has 1 aromatic carbocycles. The molecule has 0 unspecified atom stereocenters. The third kappa shape index (κ3) is 2.48. The van der Waals surface area contributed by atoms with Gasteiger partial charge in [0, 0.05) is 23.5 Å². The van der Waals surface area contributed by atoms with Crippen molar-refractivity contribution in [2.75, 3.05) is 11.9 Å². The highest BCUT2D eigenvalue weighted by Crippen LogP contribution is 2.28. The lowest BCUT2D eigenvalue weighted by Gasteiger charge is -2.06. The molecule has 0 aliphatic carbocycles. The van der Waals surface area contributed by atoms with Gasteiger partial charge >= 0.3 is 0 Å². The average Bonchev–Trinajstić information content (AvgIpc) is 2.94. The summed E-state index contributed by atoms with van der Waals surface area (Å²) in [7, 11) is 0. The van der Waals surface area contributed by atoms with Gasteiger partial charge in [-0.15, -0.1) is 11.3 Å². The van der Waals surface area contributed by atoms with Crippen molar-refractivity contribution < 1.29 is 4.74 Å². The van der Waals surface area contributed by atoms with Crippen molar-refractivity contribution in [3.63, 3.8) is 0 Å². The number of hydrogen-bond donors (Lipinski definition) is 1. The summed E-state index contributed by atoms with van der Waals surface area (Å²) in [5, 5.41) is 3.44. The summed E-state index contributed by atoms with van der Waals surface area (Å²) in [6.07, 6.45) is 1.02. The molecular formula is C13H12BrNOS. The predicted octanol–water partition coefficient (Wildman–Crippen LogP) is 4.06. The summed E-state index contributed by atoms with van der Waals surface area (Å²) in [6.45, 7) is 1.69. The SMILES string of the molecule is Brc1ccc(CNc2ccc3c(c2)CCO3)s1. The fourth-order valence-corrected chi connectivity index (χ4v) is 3.36. The molecule has 4 heteroatoms. The molecule has 2 heterocycles. The number of halogens is 1. The Labute approximate surface area is 113 Å². The number of hydrogen-bond acceptors (Lipinski definition) is 3. The number of ether oxygens (including phenoxy) is 1. The third-order valence-electron chi connectivity index (χ3n) is 2.79. The summed E-state index contributed by atoms with van der Waals surface area (Å²) in [4.78, 5) is 1.33. The highest BCUT2D eigenvalue weighted by atomic mass is 79.9. The molecule has 88 valence electrons. The molecule has 1 N–H and O–H groups in total. The van der Waals surface area contributed by atoms with Crippen LogP contribution in [0.1, 0.15) is 10.4 Å². The second-order valence-corrected chi connectivity index (χ2v) is 6.53. The second-order valence-electron chi connectivity index (χ2n) is 3.98. The third-order valence-corrected chi connectivity index (χ3v) is 4.41. The van der Waals surface area contributed by atoms with Gasteiger partial charge in [0.1, 0.15) is 5.75 Å². The molecule has 17 heavy (non-hydrogen) atoms. The Kier molecular flexibility index (Phi) is 3.07. The quantitative estimate of drug-likeness (QED) is 0.923. The molecule has 3 rings (SSSR count). The average molecular weight is 310 g/mol. The van der Waals surface area contributed by atoms with E-state index in [-0.39, 0.29) is 0 Å². The minimum atomic E-state index is 0.816. The number of fused-ring (bicyclic) bond motifs is 1. The summed E-state index contributed by atoms with van der Waals surface area (Å²) < 4.78 is 6.67.